The number of amides is 1. The first-order chi connectivity index (χ1) is 15.1. The van der Waals surface area contributed by atoms with Gasteiger partial charge in [0, 0.05) is 23.7 Å². The second-order valence-corrected chi connectivity index (χ2v) is 9.22. The number of carbonyl (C=O) groups excluding carboxylic acids is 2. The van der Waals surface area contributed by atoms with Crippen LogP contribution >= 0.6 is 23.2 Å². The summed E-state index contributed by atoms with van der Waals surface area (Å²) in [6.07, 6.45) is 0.0771. The van der Waals surface area contributed by atoms with Gasteiger partial charge in [0.15, 0.2) is 5.78 Å². The van der Waals surface area contributed by atoms with Crippen molar-refractivity contribution in [2.75, 3.05) is 6.54 Å². The number of aromatic nitrogens is 2. The number of ether oxygens (including phenoxy) is 1. The van der Waals surface area contributed by atoms with Gasteiger partial charge in [0.05, 0.1) is 22.6 Å². The molecule has 0 atom stereocenters. The zero-order valence-corrected chi connectivity index (χ0v) is 19.8. The van der Waals surface area contributed by atoms with E-state index < -0.39 is 11.7 Å². The summed E-state index contributed by atoms with van der Waals surface area (Å²) in [7, 11) is 0. The Bertz CT molecular complexity index is 1190. The topological polar surface area (TPSA) is 89.1 Å². The molecule has 1 amide bonds. The Hall–Kier alpha value is -2.77. The maximum Gasteiger partial charge on any atom is 0.407 e. The maximum atomic E-state index is 12.8. The van der Waals surface area contributed by atoms with Crippen molar-refractivity contribution >= 4 is 46.1 Å². The monoisotopic (exact) mass is 476 g/mol. The molecule has 7 nitrogen and oxygen atoms in total. The summed E-state index contributed by atoms with van der Waals surface area (Å²) in [4.78, 5) is 24.7. The van der Waals surface area contributed by atoms with Crippen LogP contribution in [-0.4, -0.2) is 33.2 Å². The molecule has 3 rings (SSSR count). The Morgan fingerprint density at radius 2 is 1.75 bits per heavy atom. The molecular formula is C23H26Cl2N4O3. The van der Waals surface area contributed by atoms with E-state index in [4.69, 9.17) is 33.3 Å². The average Bonchev–Trinajstić information content (AvgIpc) is 2.97. The highest BCUT2D eigenvalue weighted by Crippen LogP contribution is 2.23. The van der Waals surface area contributed by atoms with Crippen LogP contribution in [0.2, 0.25) is 10.0 Å². The number of hydrogen-bond acceptors (Lipinski definition) is 4. The zero-order chi connectivity index (χ0) is 23.5. The fourth-order valence-corrected chi connectivity index (χ4v) is 3.74. The van der Waals surface area contributed by atoms with Crippen molar-refractivity contribution in [1.29, 1.82) is 5.41 Å². The van der Waals surface area contributed by atoms with Crippen molar-refractivity contribution < 1.29 is 14.3 Å². The van der Waals surface area contributed by atoms with Crippen LogP contribution in [0.4, 0.5) is 4.79 Å². The van der Waals surface area contributed by atoms with Gasteiger partial charge in [0.2, 0.25) is 5.62 Å². The van der Waals surface area contributed by atoms with E-state index in [1.165, 1.54) is 0 Å². The summed E-state index contributed by atoms with van der Waals surface area (Å²) < 4.78 is 8.63. The highest BCUT2D eigenvalue weighted by Gasteiger charge is 2.18. The van der Waals surface area contributed by atoms with Crippen LogP contribution in [0, 0.1) is 5.41 Å². The standard InChI is InChI=1S/C23H26Cl2N4O3/c1-23(2,3)32-22(31)27-12-5-13-28-20-17(25)6-4-7-18(20)29(21(28)26)14-19(30)15-8-10-16(24)11-9-15/h4,6-11,26H,5,12-14H2,1-3H3,(H,27,31). The number of fused-ring (bicyclic) bond motifs is 1. The van der Waals surface area contributed by atoms with E-state index in [-0.39, 0.29) is 17.9 Å². The molecule has 0 aliphatic carbocycles. The van der Waals surface area contributed by atoms with Crippen LogP contribution in [-0.2, 0) is 17.8 Å². The van der Waals surface area contributed by atoms with E-state index in [2.05, 4.69) is 5.32 Å². The summed E-state index contributed by atoms with van der Waals surface area (Å²) in [5.41, 5.74) is 1.49. The van der Waals surface area contributed by atoms with Crippen molar-refractivity contribution in [3.05, 3.63) is 63.7 Å². The number of rotatable bonds is 7. The van der Waals surface area contributed by atoms with Gasteiger partial charge in [-0.1, -0.05) is 29.3 Å². The molecule has 170 valence electrons. The van der Waals surface area contributed by atoms with Crippen molar-refractivity contribution in [2.45, 2.75) is 45.9 Å². The zero-order valence-electron chi connectivity index (χ0n) is 18.2. The Labute approximate surface area is 196 Å². The molecule has 3 aromatic rings. The van der Waals surface area contributed by atoms with Gasteiger partial charge in [-0.25, -0.2) is 4.79 Å². The molecule has 2 N–H and O–H groups in total. The number of para-hydroxylation sites is 1. The van der Waals surface area contributed by atoms with Crippen molar-refractivity contribution in [3.8, 4) is 0 Å². The highest BCUT2D eigenvalue weighted by molar-refractivity contribution is 6.35. The van der Waals surface area contributed by atoms with E-state index in [1.807, 2.05) is 6.07 Å². The van der Waals surface area contributed by atoms with Gasteiger partial charge in [0.1, 0.15) is 5.60 Å². The molecule has 0 saturated heterocycles. The van der Waals surface area contributed by atoms with E-state index >= 15 is 0 Å². The van der Waals surface area contributed by atoms with Gasteiger partial charge in [0.25, 0.3) is 0 Å². The highest BCUT2D eigenvalue weighted by atomic mass is 35.5. The predicted octanol–water partition coefficient (Wildman–Crippen LogP) is 5.03. The van der Waals surface area contributed by atoms with Crippen molar-refractivity contribution in [1.82, 2.24) is 14.5 Å². The minimum absolute atomic E-state index is 0.000463. The number of carbonyl (C=O) groups is 2. The first-order valence-electron chi connectivity index (χ1n) is 10.2. The smallest absolute Gasteiger partial charge is 0.407 e. The lowest BCUT2D eigenvalue weighted by Crippen LogP contribution is -2.34. The summed E-state index contributed by atoms with van der Waals surface area (Å²) in [6, 6.07) is 12.1. The Morgan fingerprint density at radius 1 is 1.06 bits per heavy atom. The largest absolute Gasteiger partial charge is 0.444 e. The number of halogens is 2. The summed E-state index contributed by atoms with van der Waals surface area (Å²) >= 11 is 12.4. The van der Waals surface area contributed by atoms with Gasteiger partial charge in [-0.15, -0.1) is 0 Å². The predicted molar refractivity (Wildman–Crippen MR) is 125 cm³/mol. The molecule has 0 aliphatic rings. The molecule has 1 heterocycles. The number of imidazole rings is 1. The molecule has 0 radical (unpaired) electrons. The van der Waals surface area contributed by atoms with Crippen LogP contribution in [0.1, 0.15) is 37.6 Å². The molecular weight excluding hydrogens is 451 g/mol. The second kappa shape index (κ2) is 9.79. The molecule has 0 fully saturated rings. The molecule has 1 aromatic heterocycles. The van der Waals surface area contributed by atoms with Gasteiger partial charge in [-0.3, -0.25) is 10.2 Å². The SMILES string of the molecule is CC(C)(C)OC(=O)NCCCn1c(=N)n(CC(=O)c2ccc(Cl)cc2)c2cccc(Cl)c21. The number of nitrogens with one attached hydrogen (secondary N) is 2. The lowest BCUT2D eigenvalue weighted by atomic mass is 10.1. The van der Waals surface area contributed by atoms with E-state index in [9.17, 15) is 9.59 Å². The second-order valence-electron chi connectivity index (χ2n) is 8.38. The average molecular weight is 477 g/mol. The van der Waals surface area contributed by atoms with Gasteiger partial charge >= 0.3 is 6.09 Å². The van der Waals surface area contributed by atoms with Crippen LogP contribution in [0.15, 0.2) is 42.5 Å². The molecule has 0 unspecified atom stereocenters. The number of nitrogens with zero attached hydrogens (tertiary/aromatic N) is 2. The molecule has 0 bridgehead atoms. The number of Topliss-reactive ketones (excluding diaryl/α,β-unsaturated/α-hetero) is 1. The Balaban J connectivity index is 1.79. The van der Waals surface area contributed by atoms with Gasteiger partial charge < -0.3 is 19.2 Å². The van der Waals surface area contributed by atoms with Gasteiger partial charge in [-0.05, 0) is 63.6 Å². The number of hydrogen-bond donors (Lipinski definition) is 2. The fraction of sp³-hybridized carbons (Fsp3) is 0.348. The van der Waals surface area contributed by atoms with Gasteiger partial charge in [-0.2, -0.15) is 0 Å². The molecule has 2 aromatic carbocycles. The van der Waals surface area contributed by atoms with Crippen LogP contribution < -0.4 is 10.9 Å². The van der Waals surface area contributed by atoms with Crippen LogP contribution in [0.25, 0.3) is 11.0 Å². The molecule has 0 aliphatic heterocycles. The first kappa shape index (κ1) is 23.9. The molecule has 32 heavy (non-hydrogen) atoms. The first-order valence-corrected chi connectivity index (χ1v) is 11.0. The van der Waals surface area contributed by atoms with Crippen molar-refractivity contribution in [3.63, 3.8) is 0 Å². The Morgan fingerprint density at radius 3 is 2.41 bits per heavy atom. The maximum absolute atomic E-state index is 12.8. The quantitative estimate of drug-likeness (QED) is 0.370. The van der Waals surface area contributed by atoms with Crippen LogP contribution in [0.3, 0.4) is 0 Å². The molecule has 0 spiro atoms. The third kappa shape index (κ3) is 5.72. The summed E-state index contributed by atoms with van der Waals surface area (Å²) in [5, 5.41) is 12.4. The lowest BCUT2D eigenvalue weighted by molar-refractivity contribution is 0.0526. The minimum atomic E-state index is -0.565. The number of benzene rings is 2. The molecule has 9 heteroatoms. The number of alkyl carbamates (subject to hydrolysis) is 1. The summed E-state index contributed by atoms with van der Waals surface area (Å²) in [5.74, 6) is -0.134. The fourth-order valence-electron chi connectivity index (χ4n) is 3.34. The van der Waals surface area contributed by atoms with E-state index in [0.717, 1.165) is 0 Å². The normalized spacial score (nSPS) is 11.5. The van der Waals surface area contributed by atoms with E-state index in [1.54, 1.807) is 66.3 Å². The third-order valence-electron chi connectivity index (χ3n) is 4.73. The minimum Gasteiger partial charge on any atom is -0.444 e. The Kier molecular flexibility index (Phi) is 7.31. The lowest BCUT2D eigenvalue weighted by Gasteiger charge is -2.19. The third-order valence-corrected chi connectivity index (χ3v) is 5.29. The number of aryl methyl sites for hydroxylation is 1. The van der Waals surface area contributed by atoms with Crippen molar-refractivity contribution in [2.24, 2.45) is 0 Å². The van der Waals surface area contributed by atoms with Crippen LogP contribution in [0.5, 0.6) is 0 Å². The number of ketones is 1. The molecule has 0 saturated carbocycles. The summed E-state index contributed by atoms with van der Waals surface area (Å²) in [6.45, 7) is 6.23. The van der Waals surface area contributed by atoms with E-state index in [0.29, 0.717) is 46.2 Å².